The number of halogens is 1. The predicted octanol–water partition coefficient (Wildman–Crippen LogP) is 1.07. The smallest absolute Gasteiger partial charge is 0.253 e. The average molecular weight is 302 g/mol. The minimum atomic E-state index is 0.0882. The fraction of sp³-hybridized carbons (Fsp3) is 0.300. The molecule has 1 saturated heterocycles. The lowest BCUT2D eigenvalue weighted by Gasteiger charge is -2.36. The number of carbonyl (C=O) groups is 1. The van der Waals surface area contributed by atoms with Crippen LogP contribution in [-0.2, 0) is 0 Å². The maximum Gasteiger partial charge on any atom is 0.253 e. The first-order valence-electron chi connectivity index (χ1n) is 4.47. The second-order valence-corrected chi connectivity index (χ2v) is 4.73. The number of nitrogens with two attached hydrogens (primary N) is 1. The van der Waals surface area contributed by atoms with Gasteiger partial charge in [0.25, 0.3) is 5.91 Å². The van der Waals surface area contributed by atoms with E-state index in [4.69, 9.17) is 5.73 Å². The fourth-order valence-corrected chi connectivity index (χ4v) is 2.03. The first-order chi connectivity index (χ1) is 6.66. The molecule has 0 atom stereocenters. The molecule has 0 aromatic heterocycles. The molecule has 0 bridgehead atoms. The first kappa shape index (κ1) is 9.92. The number of amides is 1. The third-order valence-electron chi connectivity index (χ3n) is 2.27. The van der Waals surface area contributed by atoms with Crippen molar-refractivity contribution in [1.82, 2.24) is 4.90 Å². The maximum absolute atomic E-state index is 11.8. The third-order valence-corrected chi connectivity index (χ3v) is 2.94. The number of benzene rings is 1. The summed E-state index contributed by atoms with van der Waals surface area (Å²) in [7, 11) is 0. The highest BCUT2D eigenvalue weighted by Gasteiger charge is 2.28. The quantitative estimate of drug-likeness (QED) is 0.789. The second-order valence-electron chi connectivity index (χ2n) is 3.48. The lowest BCUT2D eigenvalue weighted by Crippen LogP contribution is -2.57. The van der Waals surface area contributed by atoms with Gasteiger partial charge in [0.2, 0.25) is 0 Å². The Bertz CT molecular complexity index is 361. The van der Waals surface area contributed by atoms with Crippen molar-refractivity contribution >= 4 is 28.5 Å². The van der Waals surface area contributed by atoms with Crippen LogP contribution in [0.3, 0.4) is 0 Å². The predicted molar refractivity (Wildman–Crippen MR) is 63.0 cm³/mol. The minimum Gasteiger partial charge on any atom is -0.335 e. The largest absolute Gasteiger partial charge is 0.335 e. The Morgan fingerprint density at radius 3 is 2.79 bits per heavy atom. The lowest BCUT2D eigenvalue weighted by atomic mass is 10.1. The molecule has 1 amide bonds. The molecule has 2 rings (SSSR count). The summed E-state index contributed by atoms with van der Waals surface area (Å²) in [5.74, 6) is 0.0882. The van der Waals surface area contributed by atoms with Crippen molar-refractivity contribution in [3.8, 4) is 0 Å². The van der Waals surface area contributed by atoms with Gasteiger partial charge in [0.1, 0.15) is 0 Å². The number of nitrogens with zero attached hydrogens (tertiary/aromatic N) is 1. The van der Waals surface area contributed by atoms with Gasteiger partial charge >= 0.3 is 0 Å². The van der Waals surface area contributed by atoms with Crippen LogP contribution in [-0.4, -0.2) is 29.9 Å². The molecular formula is C10H11IN2O. The summed E-state index contributed by atoms with van der Waals surface area (Å²) in [6, 6.07) is 7.77. The van der Waals surface area contributed by atoms with E-state index in [1.165, 1.54) is 0 Å². The van der Waals surface area contributed by atoms with Crippen molar-refractivity contribution in [1.29, 1.82) is 0 Å². The van der Waals surface area contributed by atoms with E-state index in [1.807, 2.05) is 24.3 Å². The summed E-state index contributed by atoms with van der Waals surface area (Å²) in [6.07, 6.45) is 0. The van der Waals surface area contributed by atoms with Crippen LogP contribution in [0.25, 0.3) is 0 Å². The molecule has 74 valence electrons. The van der Waals surface area contributed by atoms with Crippen molar-refractivity contribution in [3.05, 3.63) is 33.4 Å². The Kier molecular flexibility index (Phi) is 2.73. The van der Waals surface area contributed by atoms with Gasteiger partial charge in [-0.1, -0.05) is 6.07 Å². The van der Waals surface area contributed by atoms with Crippen LogP contribution in [0.2, 0.25) is 0 Å². The van der Waals surface area contributed by atoms with E-state index >= 15 is 0 Å². The van der Waals surface area contributed by atoms with Gasteiger partial charge in [0.15, 0.2) is 0 Å². The van der Waals surface area contributed by atoms with E-state index in [1.54, 1.807) is 4.90 Å². The van der Waals surface area contributed by atoms with E-state index in [0.717, 1.165) is 9.13 Å². The number of carbonyl (C=O) groups excluding carboxylic acids is 1. The van der Waals surface area contributed by atoms with Crippen LogP contribution < -0.4 is 5.73 Å². The van der Waals surface area contributed by atoms with Gasteiger partial charge < -0.3 is 10.6 Å². The summed E-state index contributed by atoms with van der Waals surface area (Å²) >= 11 is 2.20. The van der Waals surface area contributed by atoms with Gasteiger partial charge in [-0.25, -0.2) is 0 Å². The molecular weight excluding hydrogens is 291 g/mol. The van der Waals surface area contributed by atoms with Crippen LogP contribution in [0.5, 0.6) is 0 Å². The van der Waals surface area contributed by atoms with Gasteiger partial charge in [-0.3, -0.25) is 4.79 Å². The van der Waals surface area contributed by atoms with Crippen LogP contribution >= 0.6 is 22.6 Å². The molecule has 1 aliphatic heterocycles. The topological polar surface area (TPSA) is 46.3 Å². The van der Waals surface area contributed by atoms with Gasteiger partial charge in [-0.2, -0.15) is 0 Å². The molecule has 0 unspecified atom stereocenters. The standard InChI is InChI=1S/C10H11IN2O/c11-8-3-1-2-7(4-8)10(14)13-5-9(12)6-13/h1-4,9H,5-6,12H2. The molecule has 1 heterocycles. The molecule has 0 spiro atoms. The van der Waals surface area contributed by atoms with Crippen molar-refractivity contribution < 1.29 is 4.79 Å². The number of hydrogen-bond acceptors (Lipinski definition) is 2. The van der Waals surface area contributed by atoms with Crippen LogP contribution in [0.15, 0.2) is 24.3 Å². The molecule has 4 heteroatoms. The Morgan fingerprint density at radius 1 is 1.50 bits per heavy atom. The molecule has 1 aromatic rings. The molecule has 1 aliphatic rings. The van der Waals surface area contributed by atoms with Crippen LogP contribution in [0, 0.1) is 3.57 Å². The maximum atomic E-state index is 11.8. The zero-order chi connectivity index (χ0) is 10.1. The molecule has 0 saturated carbocycles. The molecule has 14 heavy (non-hydrogen) atoms. The summed E-state index contributed by atoms with van der Waals surface area (Å²) in [4.78, 5) is 13.6. The van der Waals surface area contributed by atoms with E-state index in [0.29, 0.717) is 13.1 Å². The number of hydrogen-bond donors (Lipinski definition) is 1. The van der Waals surface area contributed by atoms with Crippen molar-refractivity contribution in [3.63, 3.8) is 0 Å². The van der Waals surface area contributed by atoms with Crippen molar-refractivity contribution in [2.24, 2.45) is 5.73 Å². The van der Waals surface area contributed by atoms with Crippen LogP contribution in [0.1, 0.15) is 10.4 Å². The number of rotatable bonds is 1. The summed E-state index contributed by atoms with van der Waals surface area (Å²) in [6.45, 7) is 1.37. The summed E-state index contributed by atoms with van der Waals surface area (Å²) < 4.78 is 1.08. The minimum absolute atomic E-state index is 0.0882. The highest BCUT2D eigenvalue weighted by molar-refractivity contribution is 14.1. The Labute approximate surface area is 96.4 Å². The highest BCUT2D eigenvalue weighted by atomic mass is 127. The van der Waals surface area contributed by atoms with E-state index in [2.05, 4.69) is 22.6 Å². The van der Waals surface area contributed by atoms with Gasteiger partial charge in [0, 0.05) is 28.3 Å². The SMILES string of the molecule is NC1CN(C(=O)c2cccc(I)c2)C1. The highest BCUT2D eigenvalue weighted by Crippen LogP contribution is 2.14. The first-order valence-corrected chi connectivity index (χ1v) is 5.55. The lowest BCUT2D eigenvalue weighted by molar-refractivity contribution is 0.0608. The van der Waals surface area contributed by atoms with E-state index in [-0.39, 0.29) is 11.9 Å². The summed E-state index contributed by atoms with van der Waals surface area (Å²) in [5, 5.41) is 0. The molecule has 2 N–H and O–H groups in total. The molecule has 3 nitrogen and oxygen atoms in total. The van der Waals surface area contributed by atoms with Gasteiger partial charge in [0.05, 0.1) is 0 Å². The van der Waals surface area contributed by atoms with E-state index in [9.17, 15) is 4.79 Å². The molecule has 1 fully saturated rings. The summed E-state index contributed by atoms with van der Waals surface area (Å²) in [5.41, 5.74) is 6.37. The molecule has 1 aromatic carbocycles. The fourth-order valence-electron chi connectivity index (χ4n) is 1.48. The zero-order valence-corrected chi connectivity index (χ0v) is 9.77. The average Bonchev–Trinajstić information content (AvgIpc) is 2.12. The van der Waals surface area contributed by atoms with Gasteiger partial charge in [-0.05, 0) is 40.8 Å². The zero-order valence-electron chi connectivity index (χ0n) is 7.61. The Balaban J connectivity index is 2.12. The normalized spacial score (nSPS) is 16.6. The third kappa shape index (κ3) is 1.90. The number of likely N-dealkylation sites (tertiary alicyclic amines) is 1. The Morgan fingerprint density at radius 2 is 2.21 bits per heavy atom. The van der Waals surface area contributed by atoms with Gasteiger partial charge in [-0.15, -0.1) is 0 Å². The molecule has 0 radical (unpaired) electrons. The van der Waals surface area contributed by atoms with Crippen molar-refractivity contribution in [2.45, 2.75) is 6.04 Å². The molecule has 0 aliphatic carbocycles. The van der Waals surface area contributed by atoms with Crippen LogP contribution in [0.4, 0.5) is 0 Å². The van der Waals surface area contributed by atoms with E-state index < -0.39 is 0 Å². The van der Waals surface area contributed by atoms with Crippen molar-refractivity contribution in [2.75, 3.05) is 13.1 Å². The Hall–Kier alpha value is -0.620. The monoisotopic (exact) mass is 302 g/mol. The second kappa shape index (κ2) is 3.86.